The van der Waals surface area contributed by atoms with Gasteiger partial charge in [-0.3, -0.25) is 24.5 Å². The van der Waals surface area contributed by atoms with Crippen molar-refractivity contribution >= 4 is 34.8 Å². The number of nitrogens with one attached hydrogen (secondary N) is 1. The van der Waals surface area contributed by atoms with Gasteiger partial charge in [0.25, 0.3) is 11.6 Å². The minimum absolute atomic E-state index is 0.0199. The Balaban J connectivity index is 1.63. The summed E-state index contributed by atoms with van der Waals surface area (Å²) in [5, 5.41) is 13.8. The molecule has 2 aromatic carbocycles. The molecule has 1 aliphatic rings. The van der Waals surface area contributed by atoms with Gasteiger partial charge < -0.3 is 19.7 Å². The van der Waals surface area contributed by atoms with Crippen LogP contribution in [0.2, 0.25) is 0 Å². The predicted molar refractivity (Wildman–Crippen MR) is 125 cm³/mol. The zero-order valence-electron chi connectivity index (χ0n) is 19.3. The number of hydrogen-bond acceptors (Lipinski definition) is 7. The van der Waals surface area contributed by atoms with Gasteiger partial charge in [0.2, 0.25) is 5.91 Å². The van der Waals surface area contributed by atoms with Crippen molar-refractivity contribution in [3.63, 3.8) is 0 Å². The van der Waals surface area contributed by atoms with Crippen molar-refractivity contribution in [3.05, 3.63) is 57.6 Å². The molecule has 10 heteroatoms. The summed E-state index contributed by atoms with van der Waals surface area (Å²) in [6.45, 7) is 3.54. The molecule has 0 spiro atoms. The number of carbonyl (C=O) groups is 3. The number of nitro groups is 1. The van der Waals surface area contributed by atoms with E-state index < -0.39 is 29.3 Å². The molecule has 1 fully saturated rings. The van der Waals surface area contributed by atoms with Crippen molar-refractivity contribution in [2.45, 2.75) is 33.1 Å². The molecule has 0 saturated carbocycles. The average Bonchev–Trinajstić information content (AvgIpc) is 3.23. The van der Waals surface area contributed by atoms with Crippen LogP contribution in [0.15, 0.2) is 36.4 Å². The molecule has 1 aliphatic heterocycles. The van der Waals surface area contributed by atoms with E-state index in [1.807, 2.05) is 32.0 Å². The third-order valence-corrected chi connectivity index (χ3v) is 5.73. The molecule has 0 bridgehead atoms. The highest BCUT2D eigenvalue weighted by Crippen LogP contribution is 2.36. The van der Waals surface area contributed by atoms with Crippen LogP contribution in [-0.4, -0.2) is 43.0 Å². The largest absolute Gasteiger partial charge is 0.494 e. The number of nitro benzene ring substituents is 1. The molecular weight excluding hydrogens is 442 g/mol. The number of non-ortho nitro benzene ring substituents is 1. The quantitative estimate of drug-likeness (QED) is 0.339. The number of anilines is 2. The van der Waals surface area contributed by atoms with Crippen LogP contribution in [0.4, 0.5) is 17.1 Å². The normalized spacial score (nSPS) is 15.2. The van der Waals surface area contributed by atoms with E-state index in [2.05, 4.69) is 5.32 Å². The fraction of sp³-hybridized carbons (Fsp3) is 0.375. The van der Waals surface area contributed by atoms with E-state index in [9.17, 15) is 24.5 Å². The van der Waals surface area contributed by atoms with E-state index >= 15 is 0 Å². The van der Waals surface area contributed by atoms with Crippen molar-refractivity contribution in [1.82, 2.24) is 0 Å². The van der Waals surface area contributed by atoms with Crippen LogP contribution in [0.25, 0.3) is 0 Å². The number of hydrogen-bond donors (Lipinski definition) is 1. The summed E-state index contributed by atoms with van der Waals surface area (Å²) in [6, 6.07) is 9.71. The van der Waals surface area contributed by atoms with E-state index in [-0.39, 0.29) is 30.3 Å². The standard InChI is InChI=1S/C24H27N3O7/c1-4-15-7-6-8-16(5-2)23(15)25-21(28)14-34-24(30)17-11-22(29)26(13-17)19-10-9-18(27(31)32)12-20(19)33-3/h6-10,12,17H,4-5,11,13-14H2,1-3H3,(H,25,28)/t17-/m0/s1. The van der Waals surface area contributed by atoms with Crippen LogP contribution < -0.4 is 15.0 Å². The van der Waals surface area contributed by atoms with Gasteiger partial charge in [-0.2, -0.15) is 0 Å². The van der Waals surface area contributed by atoms with Crippen LogP contribution in [0.5, 0.6) is 5.75 Å². The maximum absolute atomic E-state index is 12.6. The molecule has 1 saturated heterocycles. The van der Waals surface area contributed by atoms with Crippen molar-refractivity contribution in [2.75, 3.05) is 30.5 Å². The topological polar surface area (TPSA) is 128 Å². The van der Waals surface area contributed by atoms with Gasteiger partial charge in [-0.1, -0.05) is 32.0 Å². The molecule has 180 valence electrons. The monoisotopic (exact) mass is 469 g/mol. The number of amides is 2. The molecule has 0 unspecified atom stereocenters. The van der Waals surface area contributed by atoms with Gasteiger partial charge in [0.15, 0.2) is 6.61 Å². The summed E-state index contributed by atoms with van der Waals surface area (Å²) in [4.78, 5) is 49.3. The first-order chi connectivity index (χ1) is 16.3. The molecule has 2 amide bonds. The SMILES string of the molecule is CCc1cccc(CC)c1NC(=O)COC(=O)[C@H]1CC(=O)N(c2ccc([N+](=O)[O-])cc2OC)C1. The number of methoxy groups -OCH3 is 1. The summed E-state index contributed by atoms with van der Waals surface area (Å²) >= 11 is 0. The maximum Gasteiger partial charge on any atom is 0.311 e. The van der Waals surface area contributed by atoms with Gasteiger partial charge in [0, 0.05) is 24.7 Å². The second-order valence-electron chi connectivity index (χ2n) is 7.83. The summed E-state index contributed by atoms with van der Waals surface area (Å²) < 4.78 is 10.4. The Kier molecular flexibility index (Phi) is 7.83. The number of benzene rings is 2. The molecule has 1 atom stereocenters. The maximum atomic E-state index is 12.6. The molecule has 3 rings (SSSR count). The van der Waals surface area contributed by atoms with Crippen LogP contribution in [0.1, 0.15) is 31.4 Å². The summed E-state index contributed by atoms with van der Waals surface area (Å²) in [5.74, 6) is -2.08. The number of rotatable bonds is 9. The number of esters is 1. The fourth-order valence-electron chi connectivity index (χ4n) is 3.93. The smallest absolute Gasteiger partial charge is 0.311 e. The summed E-state index contributed by atoms with van der Waals surface area (Å²) in [5.41, 5.74) is 2.88. The molecule has 2 aromatic rings. The molecule has 1 heterocycles. The lowest BCUT2D eigenvalue weighted by Crippen LogP contribution is -2.28. The number of carbonyl (C=O) groups excluding carboxylic acids is 3. The first-order valence-corrected chi connectivity index (χ1v) is 11.0. The Morgan fingerprint density at radius 1 is 1.18 bits per heavy atom. The van der Waals surface area contributed by atoms with Gasteiger partial charge in [0.05, 0.1) is 29.7 Å². The highest BCUT2D eigenvalue weighted by molar-refractivity contribution is 6.01. The van der Waals surface area contributed by atoms with E-state index in [0.717, 1.165) is 29.7 Å². The highest BCUT2D eigenvalue weighted by atomic mass is 16.6. The number of nitrogens with zero attached hydrogens (tertiary/aromatic N) is 2. The third kappa shape index (κ3) is 5.33. The second-order valence-corrected chi connectivity index (χ2v) is 7.83. The molecule has 0 aromatic heterocycles. The summed E-state index contributed by atoms with van der Waals surface area (Å²) in [6.07, 6.45) is 1.39. The Bertz CT molecular complexity index is 1090. The number of para-hydroxylation sites is 1. The Labute approximate surface area is 197 Å². The van der Waals surface area contributed by atoms with Crippen molar-refractivity contribution in [1.29, 1.82) is 0 Å². The average molecular weight is 469 g/mol. The lowest BCUT2D eigenvalue weighted by molar-refractivity contribution is -0.384. The number of ether oxygens (including phenoxy) is 2. The van der Waals surface area contributed by atoms with Gasteiger partial charge in [-0.25, -0.2) is 0 Å². The second kappa shape index (κ2) is 10.8. The van der Waals surface area contributed by atoms with E-state index in [4.69, 9.17) is 9.47 Å². The number of aryl methyl sites for hydroxylation is 2. The lowest BCUT2D eigenvalue weighted by atomic mass is 10.0. The van der Waals surface area contributed by atoms with Gasteiger partial charge >= 0.3 is 5.97 Å². The van der Waals surface area contributed by atoms with Gasteiger partial charge in [-0.05, 0) is 30.0 Å². The van der Waals surface area contributed by atoms with Crippen LogP contribution in [0, 0.1) is 16.0 Å². The molecule has 10 nitrogen and oxygen atoms in total. The minimum atomic E-state index is -0.769. The first-order valence-electron chi connectivity index (χ1n) is 11.0. The third-order valence-electron chi connectivity index (χ3n) is 5.73. The lowest BCUT2D eigenvalue weighted by Gasteiger charge is -2.19. The molecular formula is C24H27N3O7. The first kappa shape index (κ1) is 24.7. The van der Waals surface area contributed by atoms with Gasteiger partial charge in [0.1, 0.15) is 5.75 Å². The Morgan fingerprint density at radius 3 is 2.44 bits per heavy atom. The predicted octanol–water partition coefficient (Wildman–Crippen LogP) is 3.26. The molecule has 0 radical (unpaired) electrons. The van der Waals surface area contributed by atoms with E-state index in [1.54, 1.807) is 0 Å². The summed E-state index contributed by atoms with van der Waals surface area (Å²) in [7, 11) is 1.34. The molecule has 0 aliphatic carbocycles. The van der Waals surface area contributed by atoms with E-state index in [0.29, 0.717) is 5.69 Å². The Hall–Kier alpha value is -3.95. The van der Waals surface area contributed by atoms with Crippen LogP contribution >= 0.6 is 0 Å². The van der Waals surface area contributed by atoms with Crippen molar-refractivity contribution in [2.24, 2.45) is 5.92 Å². The van der Waals surface area contributed by atoms with Crippen LogP contribution in [-0.2, 0) is 32.0 Å². The van der Waals surface area contributed by atoms with Crippen molar-refractivity contribution in [3.8, 4) is 5.75 Å². The van der Waals surface area contributed by atoms with E-state index in [1.165, 1.54) is 30.2 Å². The zero-order chi connectivity index (χ0) is 24.8. The van der Waals surface area contributed by atoms with Gasteiger partial charge in [-0.15, -0.1) is 0 Å². The molecule has 1 N–H and O–H groups in total. The highest BCUT2D eigenvalue weighted by Gasteiger charge is 2.37. The van der Waals surface area contributed by atoms with Crippen molar-refractivity contribution < 1.29 is 28.8 Å². The van der Waals surface area contributed by atoms with Crippen LogP contribution in [0.3, 0.4) is 0 Å². The fourth-order valence-corrected chi connectivity index (χ4v) is 3.93. The zero-order valence-corrected chi connectivity index (χ0v) is 19.3. The minimum Gasteiger partial charge on any atom is -0.494 e. The molecule has 34 heavy (non-hydrogen) atoms. The Morgan fingerprint density at radius 2 is 1.85 bits per heavy atom.